The van der Waals surface area contributed by atoms with Crippen LogP contribution in [-0.2, 0) is 4.74 Å². The Bertz CT molecular complexity index is 66.9. The Labute approximate surface area is 50.2 Å². The minimum Gasteiger partial charge on any atom is -0.373 e. The van der Waals surface area contributed by atoms with E-state index in [1.54, 1.807) is 0 Å². The molecule has 1 heterocycles. The van der Waals surface area contributed by atoms with Gasteiger partial charge in [-0.3, -0.25) is 0 Å². The molecular formula is C6H12NO. The first kappa shape index (κ1) is 6.05. The molecule has 1 aliphatic rings. The summed E-state index contributed by atoms with van der Waals surface area (Å²) in [6.07, 6.45) is 0.692. The Morgan fingerprint density at radius 3 is 2.00 bits per heavy atom. The van der Waals surface area contributed by atoms with E-state index < -0.39 is 0 Å². The molecule has 1 rings (SSSR count). The Kier molecular flexibility index (Phi) is 1.86. The first-order chi connectivity index (χ1) is 3.79. The number of rotatable bonds is 0. The van der Waals surface area contributed by atoms with Crippen LogP contribution in [0, 0.1) is 0 Å². The number of ether oxygens (including phenoxy) is 1. The summed E-state index contributed by atoms with van der Waals surface area (Å²) in [6, 6.07) is 0. The summed E-state index contributed by atoms with van der Waals surface area (Å²) in [5, 5.41) is 4.21. The van der Waals surface area contributed by atoms with E-state index in [0.717, 1.165) is 13.1 Å². The highest BCUT2D eigenvalue weighted by Gasteiger charge is 2.14. The summed E-state index contributed by atoms with van der Waals surface area (Å²) >= 11 is 0. The van der Waals surface area contributed by atoms with Gasteiger partial charge in [-0.15, -0.1) is 0 Å². The lowest BCUT2D eigenvalue weighted by atomic mass is 10.3. The molecule has 2 heteroatoms. The van der Waals surface area contributed by atoms with Crippen molar-refractivity contribution in [1.82, 2.24) is 5.32 Å². The molecule has 0 saturated carbocycles. The summed E-state index contributed by atoms with van der Waals surface area (Å²) in [5.74, 6) is 0. The predicted octanol–water partition coefficient (Wildman–Crippen LogP) is 0.398. The maximum atomic E-state index is 5.39. The van der Waals surface area contributed by atoms with E-state index in [1.807, 2.05) is 0 Å². The molecular weight excluding hydrogens is 102 g/mol. The van der Waals surface area contributed by atoms with Crippen LogP contribution in [0.5, 0.6) is 0 Å². The molecule has 1 unspecified atom stereocenters. The smallest absolute Gasteiger partial charge is 0.0692 e. The van der Waals surface area contributed by atoms with E-state index in [1.165, 1.54) is 0 Å². The summed E-state index contributed by atoms with van der Waals surface area (Å²) in [6.45, 7) is 5.87. The lowest BCUT2D eigenvalue weighted by Crippen LogP contribution is -2.37. The molecule has 0 aliphatic carbocycles. The van der Waals surface area contributed by atoms with Crippen LogP contribution in [0.4, 0.5) is 0 Å². The fourth-order valence-corrected chi connectivity index (χ4v) is 0.921. The van der Waals surface area contributed by atoms with E-state index in [-0.39, 0.29) is 0 Å². The minimum atomic E-state index is 0.346. The quantitative estimate of drug-likeness (QED) is 0.447. The van der Waals surface area contributed by atoms with Crippen LogP contribution < -0.4 is 5.32 Å². The zero-order chi connectivity index (χ0) is 5.98. The highest BCUT2D eigenvalue weighted by Crippen LogP contribution is 2.01. The lowest BCUT2D eigenvalue weighted by molar-refractivity contribution is -0.0181. The lowest BCUT2D eigenvalue weighted by Gasteiger charge is -2.24. The van der Waals surface area contributed by atoms with E-state index in [2.05, 4.69) is 19.2 Å². The fourth-order valence-electron chi connectivity index (χ4n) is 0.921. The Morgan fingerprint density at radius 2 is 1.75 bits per heavy atom. The van der Waals surface area contributed by atoms with Crippen molar-refractivity contribution >= 4 is 0 Å². The fraction of sp³-hybridized carbons (Fsp3) is 1.00. The van der Waals surface area contributed by atoms with Gasteiger partial charge in [0.15, 0.2) is 0 Å². The maximum absolute atomic E-state index is 5.39. The van der Waals surface area contributed by atoms with Gasteiger partial charge in [0.05, 0.1) is 12.2 Å². The first-order valence-corrected chi connectivity index (χ1v) is 3.08. The zero-order valence-electron chi connectivity index (χ0n) is 5.42. The molecule has 0 aromatic rings. The van der Waals surface area contributed by atoms with Gasteiger partial charge in [-0.1, -0.05) is 0 Å². The van der Waals surface area contributed by atoms with Gasteiger partial charge in [0.2, 0.25) is 0 Å². The first-order valence-electron chi connectivity index (χ1n) is 3.08. The largest absolute Gasteiger partial charge is 0.373 e. The summed E-state index contributed by atoms with van der Waals surface area (Å²) in [7, 11) is 0. The van der Waals surface area contributed by atoms with Crippen molar-refractivity contribution in [3.8, 4) is 0 Å². The molecule has 1 aliphatic heterocycles. The third-order valence-electron chi connectivity index (χ3n) is 1.24. The average molecular weight is 114 g/mol. The zero-order valence-corrected chi connectivity index (χ0v) is 5.42. The molecule has 0 spiro atoms. The van der Waals surface area contributed by atoms with Crippen molar-refractivity contribution < 1.29 is 4.74 Å². The molecule has 1 saturated heterocycles. The van der Waals surface area contributed by atoms with Gasteiger partial charge in [-0.2, -0.15) is 0 Å². The second-order valence-electron chi connectivity index (χ2n) is 2.35. The molecule has 1 fully saturated rings. The summed E-state index contributed by atoms with van der Waals surface area (Å²) < 4.78 is 5.39. The second-order valence-corrected chi connectivity index (χ2v) is 2.35. The van der Waals surface area contributed by atoms with Crippen molar-refractivity contribution in [3.05, 3.63) is 0 Å². The highest BCUT2D eigenvalue weighted by molar-refractivity contribution is 4.66. The van der Waals surface area contributed by atoms with E-state index >= 15 is 0 Å². The van der Waals surface area contributed by atoms with E-state index in [0.29, 0.717) is 12.2 Å². The number of hydrogen-bond donors (Lipinski definition) is 0. The van der Waals surface area contributed by atoms with E-state index in [4.69, 9.17) is 4.74 Å². The molecule has 8 heavy (non-hydrogen) atoms. The molecule has 0 bridgehead atoms. The van der Waals surface area contributed by atoms with Crippen LogP contribution >= 0.6 is 0 Å². The van der Waals surface area contributed by atoms with Crippen LogP contribution in [-0.4, -0.2) is 25.3 Å². The van der Waals surface area contributed by atoms with Crippen LogP contribution in [0.1, 0.15) is 13.8 Å². The monoisotopic (exact) mass is 114 g/mol. The van der Waals surface area contributed by atoms with Gasteiger partial charge in [-0.25, -0.2) is 5.32 Å². The third-order valence-corrected chi connectivity index (χ3v) is 1.24. The summed E-state index contributed by atoms with van der Waals surface area (Å²) in [4.78, 5) is 0. The molecule has 0 aromatic carbocycles. The predicted molar refractivity (Wildman–Crippen MR) is 31.9 cm³/mol. The van der Waals surface area contributed by atoms with Gasteiger partial charge >= 0.3 is 0 Å². The number of hydrogen-bond acceptors (Lipinski definition) is 1. The Hall–Kier alpha value is -0.0800. The van der Waals surface area contributed by atoms with E-state index in [9.17, 15) is 0 Å². The number of morpholine rings is 1. The molecule has 1 radical (unpaired) electrons. The van der Waals surface area contributed by atoms with Crippen LogP contribution in [0.2, 0.25) is 0 Å². The highest BCUT2D eigenvalue weighted by atomic mass is 16.5. The second kappa shape index (κ2) is 2.46. The van der Waals surface area contributed by atoms with Gasteiger partial charge < -0.3 is 4.74 Å². The van der Waals surface area contributed by atoms with Gasteiger partial charge in [0.25, 0.3) is 0 Å². The molecule has 2 atom stereocenters. The Balaban J connectivity index is 2.23. The SMILES string of the molecule is CC1C[N]C[C@H](C)O1. The molecule has 0 N–H and O–H groups in total. The maximum Gasteiger partial charge on any atom is 0.0692 e. The molecule has 47 valence electrons. The van der Waals surface area contributed by atoms with Crippen molar-refractivity contribution in [2.24, 2.45) is 0 Å². The number of nitrogens with zero attached hydrogens (tertiary/aromatic N) is 1. The van der Waals surface area contributed by atoms with Gasteiger partial charge in [0.1, 0.15) is 0 Å². The van der Waals surface area contributed by atoms with Crippen molar-refractivity contribution in [2.45, 2.75) is 26.1 Å². The van der Waals surface area contributed by atoms with Crippen LogP contribution in [0.25, 0.3) is 0 Å². The van der Waals surface area contributed by atoms with Gasteiger partial charge in [0, 0.05) is 13.1 Å². The van der Waals surface area contributed by atoms with Crippen molar-refractivity contribution in [1.29, 1.82) is 0 Å². The topological polar surface area (TPSA) is 23.3 Å². The van der Waals surface area contributed by atoms with Crippen LogP contribution in [0.3, 0.4) is 0 Å². The molecule has 0 amide bonds. The average Bonchev–Trinajstić information content (AvgIpc) is 1.64. The van der Waals surface area contributed by atoms with Crippen molar-refractivity contribution in [2.75, 3.05) is 13.1 Å². The van der Waals surface area contributed by atoms with Gasteiger partial charge in [-0.05, 0) is 13.8 Å². The normalized spacial score (nSPS) is 39.8. The molecule has 0 aromatic heterocycles. The molecule has 2 nitrogen and oxygen atoms in total. The van der Waals surface area contributed by atoms with Crippen molar-refractivity contribution in [3.63, 3.8) is 0 Å². The minimum absolute atomic E-state index is 0.346. The third kappa shape index (κ3) is 1.46. The standard InChI is InChI=1S/C6H12NO/c1-5-3-7-4-6(2)8-5/h5-6H,3-4H2,1-2H3/t5-,6?/m0/s1. The summed E-state index contributed by atoms with van der Waals surface area (Å²) in [5.41, 5.74) is 0. The van der Waals surface area contributed by atoms with Crippen LogP contribution in [0.15, 0.2) is 0 Å². The Morgan fingerprint density at radius 1 is 1.25 bits per heavy atom.